The van der Waals surface area contributed by atoms with Gasteiger partial charge in [-0.15, -0.1) is 0 Å². The van der Waals surface area contributed by atoms with Crippen LogP contribution in [0.15, 0.2) is 46.1 Å². The lowest BCUT2D eigenvalue weighted by molar-refractivity contribution is 0.881. The van der Waals surface area contributed by atoms with E-state index in [1.165, 1.54) is 10.7 Å². The lowest BCUT2D eigenvalue weighted by Crippen LogP contribution is -2.20. The highest BCUT2D eigenvalue weighted by atomic mass is 16.1. The fraction of sp³-hybridized carbons (Fsp3) is 0. The summed E-state index contributed by atoms with van der Waals surface area (Å²) in [5.74, 6) is 0. The lowest BCUT2D eigenvalue weighted by atomic mass is 10.1. The third kappa shape index (κ3) is 1.22. The molecule has 2 N–H and O–H groups in total. The van der Waals surface area contributed by atoms with E-state index in [-0.39, 0.29) is 11.2 Å². The first-order chi connectivity index (χ1) is 9.25. The maximum absolute atomic E-state index is 12.2. The Balaban J connectivity index is 2.48. The molecule has 4 rings (SSSR count). The summed E-state index contributed by atoms with van der Waals surface area (Å²) < 4.78 is 1.19. The summed E-state index contributed by atoms with van der Waals surface area (Å²) in [6.45, 7) is 0. The number of H-pyrrole nitrogens is 2. The van der Waals surface area contributed by atoms with Crippen LogP contribution in [-0.2, 0) is 0 Å². The van der Waals surface area contributed by atoms with Crippen molar-refractivity contribution in [1.29, 1.82) is 0 Å². The summed E-state index contributed by atoms with van der Waals surface area (Å²) in [5, 5.41) is 5.15. The zero-order valence-corrected chi connectivity index (χ0v) is 9.68. The standard InChI is InChI=1S/C13H8N4O2/c18-12-10-9-5-6-14-17(9)13(19)16-11(10)7-3-1-2-4-8(7)15-12/h1-6H,(H,15,18)(H,16,19). The summed E-state index contributed by atoms with van der Waals surface area (Å²) in [6.07, 6.45) is 1.50. The first-order valence-electron chi connectivity index (χ1n) is 5.76. The van der Waals surface area contributed by atoms with Crippen LogP contribution in [0.25, 0.3) is 27.3 Å². The predicted octanol–water partition coefficient (Wildman–Crippen LogP) is 1.02. The van der Waals surface area contributed by atoms with Crippen molar-refractivity contribution in [3.8, 4) is 0 Å². The Bertz CT molecular complexity index is 1050. The summed E-state index contributed by atoms with van der Waals surface area (Å²) in [7, 11) is 0. The van der Waals surface area contributed by atoms with Crippen molar-refractivity contribution < 1.29 is 0 Å². The van der Waals surface area contributed by atoms with Crippen molar-refractivity contribution in [2.75, 3.05) is 0 Å². The van der Waals surface area contributed by atoms with E-state index < -0.39 is 0 Å². The predicted molar refractivity (Wildman–Crippen MR) is 71.4 cm³/mol. The van der Waals surface area contributed by atoms with Gasteiger partial charge in [0, 0.05) is 5.39 Å². The Morgan fingerprint density at radius 3 is 2.79 bits per heavy atom. The van der Waals surface area contributed by atoms with E-state index in [2.05, 4.69) is 15.1 Å². The first-order valence-corrected chi connectivity index (χ1v) is 5.76. The fourth-order valence-corrected chi connectivity index (χ4v) is 2.43. The van der Waals surface area contributed by atoms with Crippen molar-refractivity contribution in [2.24, 2.45) is 0 Å². The van der Waals surface area contributed by atoms with E-state index in [9.17, 15) is 9.59 Å². The van der Waals surface area contributed by atoms with Crippen molar-refractivity contribution in [3.05, 3.63) is 57.4 Å². The van der Waals surface area contributed by atoms with Crippen molar-refractivity contribution >= 4 is 27.3 Å². The molecule has 1 aromatic carbocycles. The highest BCUT2D eigenvalue weighted by Crippen LogP contribution is 2.20. The monoisotopic (exact) mass is 252 g/mol. The van der Waals surface area contributed by atoms with Gasteiger partial charge in [0.15, 0.2) is 0 Å². The second-order valence-electron chi connectivity index (χ2n) is 4.31. The fourth-order valence-electron chi connectivity index (χ4n) is 2.43. The minimum absolute atomic E-state index is 0.240. The molecule has 0 saturated carbocycles. The molecule has 0 aliphatic rings. The Hall–Kier alpha value is -2.89. The van der Waals surface area contributed by atoms with Crippen LogP contribution in [0.3, 0.4) is 0 Å². The summed E-state index contributed by atoms with van der Waals surface area (Å²) >= 11 is 0. The van der Waals surface area contributed by atoms with Crippen LogP contribution >= 0.6 is 0 Å². The average Bonchev–Trinajstić information content (AvgIpc) is 2.88. The smallest absolute Gasteiger partial charge is 0.321 e. The zero-order chi connectivity index (χ0) is 13.0. The molecular weight excluding hydrogens is 244 g/mol. The number of para-hydroxylation sites is 1. The highest BCUT2D eigenvalue weighted by Gasteiger charge is 2.11. The second-order valence-corrected chi connectivity index (χ2v) is 4.31. The van der Waals surface area contributed by atoms with Crippen LogP contribution in [0.1, 0.15) is 0 Å². The Morgan fingerprint density at radius 2 is 1.89 bits per heavy atom. The molecule has 3 aromatic heterocycles. The topological polar surface area (TPSA) is 83.0 Å². The van der Waals surface area contributed by atoms with Crippen molar-refractivity contribution in [2.45, 2.75) is 0 Å². The number of benzene rings is 1. The number of pyridine rings is 1. The van der Waals surface area contributed by atoms with E-state index in [1.54, 1.807) is 12.1 Å². The van der Waals surface area contributed by atoms with E-state index in [0.717, 1.165) is 5.39 Å². The van der Waals surface area contributed by atoms with Gasteiger partial charge < -0.3 is 9.97 Å². The van der Waals surface area contributed by atoms with E-state index in [1.807, 2.05) is 18.2 Å². The third-order valence-corrected chi connectivity index (χ3v) is 3.24. The Kier molecular flexibility index (Phi) is 1.76. The largest absolute Gasteiger partial charge is 0.347 e. The maximum atomic E-state index is 12.2. The van der Waals surface area contributed by atoms with Gasteiger partial charge in [-0.05, 0) is 12.1 Å². The minimum atomic E-state index is -0.358. The molecule has 0 unspecified atom stereocenters. The second kappa shape index (κ2) is 3.32. The lowest BCUT2D eigenvalue weighted by Gasteiger charge is -2.04. The van der Waals surface area contributed by atoms with Crippen molar-refractivity contribution in [1.82, 2.24) is 19.6 Å². The number of aromatic amines is 2. The molecule has 0 bridgehead atoms. The van der Waals surface area contributed by atoms with E-state index in [4.69, 9.17) is 0 Å². The minimum Gasteiger partial charge on any atom is -0.321 e. The summed E-state index contributed by atoms with van der Waals surface area (Å²) in [6, 6.07) is 9.01. The SMILES string of the molecule is O=c1[nH]c2ccccc2c2[nH]c(=O)n3nccc3c12. The number of nitrogens with one attached hydrogen (secondary N) is 2. The molecule has 3 heterocycles. The molecule has 0 atom stereocenters. The molecule has 6 nitrogen and oxygen atoms in total. The van der Waals surface area contributed by atoms with Gasteiger partial charge in [-0.2, -0.15) is 9.61 Å². The zero-order valence-electron chi connectivity index (χ0n) is 9.68. The molecule has 0 fully saturated rings. The molecule has 0 aliphatic carbocycles. The van der Waals surface area contributed by atoms with Crippen LogP contribution in [0.2, 0.25) is 0 Å². The van der Waals surface area contributed by atoms with Crippen LogP contribution in [0.4, 0.5) is 0 Å². The number of fused-ring (bicyclic) bond motifs is 5. The van der Waals surface area contributed by atoms with E-state index >= 15 is 0 Å². The number of nitrogens with zero attached hydrogens (tertiary/aromatic N) is 2. The van der Waals surface area contributed by atoms with Gasteiger partial charge in [-0.3, -0.25) is 4.79 Å². The van der Waals surface area contributed by atoms with Gasteiger partial charge in [-0.1, -0.05) is 18.2 Å². The average molecular weight is 252 g/mol. The van der Waals surface area contributed by atoms with E-state index in [0.29, 0.717) is 21.9 Å². The number of hydrogen-bond donors (Lipinski definition) is 2. The number of hydrogen-bond acceptors (Lipinski definition) is 3. The third-order valence-electron chi connectivity index (χ3n) is 3.24. The molecule has 92 valence electrons. The number of rotatable bonds is 0. The maximum Gasteiger partial charge on any atom is 0.347 e. The molecule has 0 radical (unpaired) electrons. The Labute approximate surface area is 105 Å². The van der Waals surface area contributed by atoms with Crippen LogP contribution < -0.4 is 11.2 Å². The summed E-state index contributed by atoms with van der Waals surface area (Å²) in [5.41, 5.74) is 1.14. The quantitative estimate of drug-likeness (QED) is 0.458. The van der Waals surface area contributed by atoms with Crippen LogP contribution in [0, 0.1) is 0 Å². The number of aromatic nitrogens is 4. The normalized spacial score (nSPS) is 11.6. The van der Waals surface area contributed by atoms with Crippen LogP contribution in [0.5, 0.6) is 0 Å². The molecule has 0 spiro atoms. The summed E-state index contributed by atoms with van der Waals surface area (Å²) in [4.78, 5) is 29.7. The van der Waals surface area contributed by atoms with Gasteiger partial charge in [0.05, 0.1) is 28.1 Å². The molecule has 0 saturated heterocycles. The van der Waals surface area contributed by atoms with Crippen molar-refractivity contribution in [3.63, 3.8) is 0 Å². The van der Waals surface area contributed by atoms with Gasteiger partial charge >= 0.3 is 5.69 Å². The van der Waals surface area contributed by atoms with Gasteiger partial charge in [0.25, 0.3) is 5.56 Å². The highest BCUT2D eigenvalue weighted by molar-refractivity contribution is 6.07. The molecule has 19 heavy (non-hydrogen) atoms. The first kappa shape index (κ1) is 10.1. The van der Waals surface area contributed by atoms with Gasteiger partial charge in [0.1, 0.15) is 0 Å². The molecule has 0 aliphatic heterocycles. The Morgan fingerprint density at radius 1 is 1.05 bits per heavy atom. The molecular formula is C13H8N4O2. The van der Waals surface area contributed by atoms with Gasteiger partial charge in [-0.25, -0.2) is 4.79 Å². The molecule has 6 heteroatoms. The molecule has 4 aromatic rings. The van der Waals surface area contributed by atoms with Gasteiger partial charge in [0.2, 0.25) is 0 Å². The van der Waals surface area contributed by atoms with Crippen LogP contribution in [-0.4, -0.2) is 19.6 Å². The molecule has 0 amide bonds.